The Kier molecular flexibility index (Phi) is 3.46. The molecule has 0 radical (unpaired) electrons. The first-order valence-electron chi connectivity index (χ1n) is 5.97. The molecule has 5 heteroatoms. The SMILES string of the molecule is CNC(=O)/C(C)=C(\N)Nc1ccc2oc(C)cc2c1. The number of hydrogen-bond donors (Lipinski definition) is 3. The Morgan fingerprint density at radius 2 is 2.05 bits per heavy atom. The Balaban J connectivity index is 2.28. The first-order valence-corrected chi connectivity index (χ1v) is 5.97. The zero-order valence-electron chi connectivity index (χ0n) is 11.2. The maximum absolute atomic E-state index is 11.5. The van der Waals surface area contributed by atoms with E-state index in [-0.39, 0.29) is 5.91 Å². The van der Waals surface area contributed by atoms with Crippen molar-refractivity contribution in [3.05, 3.63) is 41.4 Å². The summed E-state index contributed by atoms with van der Waals surface area (Å²) in [6.07, 6.45) is 0. The number of carbonyl (C=O) groups is 1. The van der Waals surface area contributed by atoms with E-state index in [1.54, 1.807) is 14.0 Å². The fourth-order valence-corrected chi connectivity index (χ4v) is 1.81. The molecule has 19 heavy (non-hydrogen) atoms. The van der Waals surface area contributed by atoms with Crippen molar-refractivity contribution in [2.24, 2.45) is 5.73 Å². The van der Waals surface area contributed by atoms with Crippen LogP contribution in [0.15, 0.2) is 40.1 Å². The Labute approximate surface area is 111 Å². The molecule has 0 fully saturated rings. The van der Waals surface area contributed by atoms with Gasteiger partial charge in [-0.15, -0.1) is 0 Å². The number of carbonyl (C=O) groups excluding carboxylic acids is 1. The normalized spacial score (nSPS) is 12.2. The number of rotatable bonds is 3. The lowest BCUT2D eigenvalue weighted by Crippen LogP contribution is -2.24. The third kappa shape index (κ3) is 2.70. The van der Waals surface area contributed by atoms with Gasteiger partial charge in [-0.1, -0.05) is 0 Å². The van der Waals surface area contributed by atoms with Gasteiger partial charge < -0.3 is 20.8 Å². The number of furan rings is 1. The maximum Gasteiger partial charge on any atom is 0.250 e. The molecule has 1 amide bonds. The monoisotopic (exact) mass is 259 g/mol. The van der Waals surface area contributed by atoms with Crippen LogP contribution in [0.4, 0.5) is 5.69 Å². The average molecular weight is 259 g/mol. The van der Waals surface area contributed by atoms with Crippen molar-refractivity contribution >= 4 is 22.6 Å². The number of fused-ring (bicyclic) bond motifs is 1. The van der Waals surface area contributed by atoms with Crippen LogP contribution in [0.1, 0.15) is 12.7 Å². The van der Waals surface area contributed by atoms with E-state index < -0.39 is 0 Å². The molecule has 0 aliphatic heterocycles. The summed E-state index contributed by atoms with van der Waals surface area (Å²) in [7, 11) is 1.57. The van der Waals surface area contributed by atoms with Crippen molar-refractivity contribution < 1.29 is 9.21 Å². The molecule has 5 nitrogen and oxygen atoms in total. The fourth-order valence-electron chi connectivity index (χ4n) is 1.81. The number of amides is 1. The zero-order valence-corrected chi connectivity index (χ0v) is 11.2. The quantitative estimate of drug-likeness (QED) is 0.737. The number of hydrogen-bond acceptors (Lipinski definition) is 4. The van der Waals surface area contributed by atoms with Gasteiger partial charge in [0.05, 0.1) is 5.57 Å². The van der Waals surface area contributed by atoms with E-state index in [1.807, 2.05) is 31.2 Å². The first-order chi connectivity index (χ1) is 9.01. The van der Waals surface area contributed by atoms with E-state index in [0.717, 1.165) is 22.4 Å². The van der Waals surface area contributed by atoms with Crippen LogP contribution in [-0.4, -0.2) is 13.0 Å². The van der Waals surface area contributed by atoms with Gasteiger partial charge >= 0.3 is 0 Å². The first kappa shape index (κ1) is 13.0. The molecule has 0 saturated carbocycles. The molecular formula is C14H17N3O2. The minimum atomic E-state index is -0.203. The van der Waals surface area contributed by atoms with Gasteiger partial charge in [0.2, 0.25) is 5.91 Å². The van der Waals surface area contributed by atoms with Crippen LogP contribution in [0.2, 0.25) is 0 Å². The summed E-state index contributed by atoms with van der Waals surface area (Å²) in [4.78, 5) is 11.5. The molecule has 0 spiro atoms. The molecule has 1 aromatic carbocycles. The highest BCUT2D eigenvalue weighted by atomic mass is 16.3. The second-order valence-corrected chi connectivity index (χ2v) is 4.35. The third-order valence-corrected chi connectivity index (χ3v) is 2.89. The van der Waals surface area contributed by atoms with Gasteiger partial charge in [-0.2, -0.15) is 0 Å². The van der Waals surface area contributed by atoms with Crippen LogP contribution in [0.25, 0.3) is 11.0 Å². The lowest BCUT2D eigenvalue weighted by molar-refractivity contribution is -0.117. The van der Waals surface area contributed by atoms with Crippen molar-refractivity contribution in [3.63, 3.8) is 0 Å². The molecule has 1 aromatic heterocycles. The maximum atomic E-state index is 11.5. The molecular weight excluding hydrogens is 242 g/mol. The summed E-state index contributed by atoms with van der Waals surface area (Å²) in [5.41, 5.74) is 7.95. The van der Waals surface area contributed by atoms with Crippen LogP contribution in [0.3, 0.4) is 0 Å². The predicted molar refractivity (Wildman–Crippen MR) is 75.5 cm³/mol. The number of aryl methyl sites for hydroxylation is 1. The van der Waals surface area contributed by atoms with Crippen LogP contribution in [0.5, 0.6) is 0 Å². The highest BCUT2D eigenvalue weighted by Gasteiger charge is 2.07. The summed E-state index contributed by atoms with van der Waals surface area (Å²) in [6, 6.07) is 7.60. The van der Waals surface area contributed by atoms with E-state index in [9.17, 15) is 4.79 Å². The second kappa shape index (κ2) is 5.06. The highest BCUT2D eigenvalue weighted by molar-refractivity contribution is 5.93. The van der Waals surface area contributed by atoms with Gasteiger partial charge in [0.15, 0.2) is 0 Å². The van der Waals surface area contributed by atoms with Crippen LogP contribution < -0.4 is 16.4 Å². The summed E-state index contributed by atoms with van der Waals surface area (Å²) in [6.45, 7) is 3.57. The summed E-state index contributed by atoms with van der Waals surface area (Å²) >= 11 is 0. The Morgan fingerprint density at radius 3 is 2.74 bits per heavy atom. The zero-order chi connectivity index (χ0) is 14.0. The van der Waals surface area contributed by atoms with Crippen molar-refractivity contribution in [2.45, 2.75) is 13.8 Å². The molecule has 2 rings (SSSR count). The molecule has 0 bridgehead atoms. The fraction of sp³-hybridized carbons (Fsp3) is 0.214. The van der Waals surface area contributed by atoms with Gasteiger partial charge in [-0.25, -0.2) is 0 Å². The van der Waals surface area contributed by atoms with Gasteiger partial charge in [0.25, 0.3) is 0 Å². The summed E-state index contributed by atoms with van der Waals surface area (Å²) < 4.78 is 5.50. The summed E-state index contributed by atoms with van der Waals surface area (Å²) in [5.74, 6) is 0.987. The average Bonchev–Trinajstić information content (AvgIpc) is 2.76. The minimum absolute atomic E-state index is 0.203. The predicted octanol–water partition coefficient (Wildman–Crippen LogP) is 2.09. The highest BCUT2D eigenvalue weighted by Crippen LogP contribution is 2.23. The number of likely N-dealkylation sites (N-methyl/N-ethyl adjacent to an activating group) is 1. The Bertz CT molecular complexity index is 656. The van der Waals surface area contributed by atoms with Gasteiger partial charge in [-0.3, -0.25) is 4.79 Å². The molecule has 0 saturated heterocycles. The molecule has 100 valence electrons. The smallest absolute Gasteiger partial charge is 0.250 e. The van der Waals surface area contributed by atoms with E-state index in [0.29, 0.717) is 11.4 Å². The number of nitrogens with two attached hydrogens (primary N) is 1. The van der Waals surface area contributed by atoms with Gasteiger partial charge in [-0.05, 0) is 38.1 Å². The minimum Gasteiger partial charge on any atom is -0.461 e. The molecule has 2 aromatic rings. The Morgan fingerprint density at radius 1 is 1.32 bits per heavy atom. The lowest BCUT2D eigenvalue weighted by atomic mass is 10.2. The number of nitrogens with one attached hydrogen (secondary N) is 2. The molecule has 0 aliphatic carbocycles. The van der Waals surface area contributed by atoms with Crippen LogP contribution in [0, 0.1) is 6.92 Å². The van der Waals surface area contributed by atoms with Crippen LogP contribution in [-0.2, 0) is 4.79 Å². The summed E-state index contributed by atoms with van der Waals surface area (Å²) in [5, 5.41) is 6.54. The Hall–Kier alpha value is -2.43. The van der Waals surface area contributed by atoms with Crippen molar-refractivity contribution in [3.8, 4) is 0 Å². The third-order valence-electron chi connectivity index (χ3n) is 2.89. The molecule has 0 atom stereocenters. The molecule has 4 N–H and O–H groups in total. The van der Waals surface area contributed by atoms with Crippen molar-refractivity contribution in [2.75, 3.05) is 12.4 Å². The van der Waals surface area contributed by atoms with Crippen molar-refractivity contribution in [1.29, 1.82) is 0 Å². The second-order valence-electron chi connectivity index (χ2n) is 4.35. The topological polar surface area (TPSA) is 80.3 Å². The van der Waals surface area contributed by atoms with Gasteiger partial charge in [0.1, 0.15) is 17.2 Å². The van der Waals surface area contributed by atoms with E-state index in [4.69, 9.17) is 10.2 Å². The standard InChI is InChI=1S/C14H17N3O2/c1-8-6-10-7-11(4-5-12(10)19-8)17-13(15)9(2)14(18)16-3/h4-7,17H,15H2,1-3H3,(H,16,18)/b13-9+. The lowest BCUT2D eigenvalue weighted by Gasteiger charge is -2.09. The number of benzene rings is 1. The number of anilines is 1. The van der Waals surface area contributed by atoms with Crippen LogP contribution >= 0.6 is 0 Å². The molecule has 1 heterocycles. The van der Waals surface area contributed by atoms with E-state index >= 15 is 0 Å². The largest absolute Gasteiger partial charge is 0.461 e. The van der Waals surface area contributed by atoms with Crippen molar-refractivity contribution in [1.82, 2.24) is 5.32 Å². The van der Waals surface area contributed by atoms with E-state index in [2.05, 4.69) is 10.6 Å². The van der Waals surface area contributed by atoms with E-state index in [1.165, 1.54) is 0 Å². The van der Waals surface area contributed by atoms with Gasteiger partial charge in [0, 0.05) is 18.1 Å². The molecule has 0 aliphatic rings. The molecule has 0 unspecified atom stereocenters.